The van der Waals surface area contributed by atoms with Crippen LogP contribution in [0.5, 0.6) is 0 Å². The highest BCUT2D eigenvalue weighted by Gasteiger charge is 2.19. The highest BCUT2D eigenvalue weighted by molar-refractivity contribution is 9.10. The van der Waals surface area contributed by atoms with Crippen molar-refractivity contribution < 1.29 is 4.79 Å². The van der Waals surface area contributed by atoms with Gasteiger partial charge in [0, 0.05) is 0 Å². The van der Waals surface area contributed by atoms with Crippen molar-refractivity contribution in [2.75, 3.05) is 0 Å². The highest BCUT2D eigenvalue weighted by atomic mass is 79.9. The van der Waals surface area contributed by atoms with Crippen LogP contribution in [0.25, 0.3) is 11.0 Å². The number of para-hydroxylation sites is 1. The molecule has 0 aliphatic rings. The molecule has 0 bridgehead atoms. The van der Waals surface area contributed by atoms with Gasteiger partial charge in [-0.05, 0) is 18.6 Å². The van der Waals surface area contributed by atoms with Gasteiger partial charge in [0.15, 0.2) is 0 Å². The smallest absolute Gasteiger partial charge is 0.262 e. The first-order chi connectivity index (χ1) is 7.74. The van der Waals surface area contributed by atoms with Gasteiger partial charge >= 0.3 is 0 Å². The van der Waals surface area contributed by atoms with Gasteiger partial charge in [0.05, 0.1) is 10.3 Å². The summed E-state index contributed by atoms with van der Waals surface area (Å²) in [5.74, 6) is -0.0597. The summed E-state index contributed by atoms with van der Waals surface area (Å²) in [7, 11) is 0. The Morgan fingerprint density at radius 1 is 1.50 bits per heavy atom. The molecule has 1 heterocycles. The minimum Gasteiger partial charge on any atom is -0.271 e. The van der Waals surface area contributed by atoms with Gasteiger partial charge in [0.1, 0.15) is 5.52 Å². The highest BCUT2D eigenvalue weighted by Crippen LogP contribution is 2.15. The van der Waals surface area contributed by atoms with Crippen molar-refractivity contribution in [1.82, 2.24) is 15.0 Å². The molecular weight excluding hydrogens is 270 g/mol. The molecule has 0 aliphatic carbocycles. The quantitative estimate of drug-likeness (QED) is 0.813. The molecule has 0 saturated heterocycles. The van der Waals surface area contributed by atoms with Crippen LogP contribution in [-0.4, -0.2) is 25.7 Å². The molecule has 0 aliphatic heterocycles. The van der Waals surface area contributed by atoms with Gasteiger partial charge < -0.3 is 0 Å². The van der Waals surface area contributed by atoms with Crippen LogP contribution in [0, 0.1) is 0 Å². The average Bonchev–Trinajstić information content (AvgIpc) is 2.72. The van der Waals surface area contributed by atoms with Crippen LogP contribution < -0.4 is 0 Å². The maximum Gasteiger partial charge on any atom is 0.262 e. The number of rotatable bonds is 3. The second-order valence-electron chi connectivity index (χ2n) is 3.58. The van der Waals surface area contributed by atoms with Crippen molar-refractivity contribution in [1.29, 1.82) is 0 Å². The topological polar surface area (TPSA) is 47.8 Å². The lowest BCUT2D eigenvalue weighted by molar-refractivity contribution is 0.0897. The number of carbonyl (C=O) groups is 1. The molecule has 1 aromatic heterocycles. The van der Waals surface area contributed by atoms with Crippen molar-refractivity contribution in [3.63, 3.8) is 0 Å². The second-order valence-corrected chi connectivity index (χ2v) is 4.69. The van der Waals surface area contributed by atoms with Crippen molar-refractivity contribution in [3.05, 3.63) is 24.3 Å². The fourth-order valence-corrected chi connectivity index (χ4v) is 2.19. The Morgan fingerprint density at radius 3 is 3.00 bits per heavy atom. The summed E-state index contributed by atoms with van der Waals surface area (Å²) in [6, 6.07) is 7.44. The van der Waals surface area contributed by atoms with Gasteiger partial charge in [-0.2, -0.15) is 4.68 Å². The summed E-state index contributed by atoms with van der Waals surface area (Å²) in [5, 5.41) is 7.84. The third-order valence-corrected chi connectivity index (χ3v) is 3.22. The van der Waals surface area contributed by atoms with Crippen molar-refractivity contribution in [2.45, 2.75) is 24.6 Å². The summed E-state index contributed by atoms with van der Waals surface area (Å²) in [6.45, 7) is 2.04. The van der Waals surface area contributed by atoms with Gasteiger partial charge in [0.2, 0.25) is 0 Å². The SMILES string of the molecule is CCCC(Br)C(=O)n1nnc2ccccc21. The molecule has 5 heteroatoms. The average molecular weight is 282 g/mol. The molecule has 84 valence electrons. The van der Waals surface area contributed by atoms with Gasteiger partial charge in [0.25, 0.3) is 5.91 Å². The molecule has 0 N–H and O–H groups in total. The summed E-state index contributed by atoms with van der Waals surface area (Å²) >= 11 is 3.37. The lowest BCUT2D eigenvalue weighted by Crippen LogP contribution is -2.22. The predicted molar refractivity (Wildman–Crippen MR) is 65.8 cm³/mol. The van der Waals surface area contributed by atoms with Crippen LogP contribution in [0.4, 0.5) is 0 Å². The Morgan fingerprint density at radius 2 is 2.25 bits per heavy atom. The number of carbonyl (C=O) groups excluding carboxylic acids is 1. The number of aromatic nitrogens is 3. The molecule has 1 unspecified atom stereocenters. The van der Waals surface area contributed by atoms with Crippen LogP contribution >= 0.6 is 15.9 Å². The van der Waals surface area contributed by atoms with E-state index in [1.165, 1.54) is 4.68 Å². The van der Waals surface area contributed by atoms with Gasteiger partial charge in [-0.3, -0.25) is 4.79 Å². The Hall–Kier alpha value is -1.23. The standard InChI is InChI=1S/C11H12BrN3O/c1-2-5-8(12)11(16)15-10-7-4-3-6-9(10)13-14-15/h3-4,6-8H,2,5H2,1H3. The molecule has 0 saturated carbocycles. The fourth-order valence-electron chi connectivity index (χ4n) is 1.54. The number of alkyl halides is 1. The van der Waals surface area contributed by atoms with E-state index < -0.39 is 0 Å². The predicted octanol–water partition coefficient (Wildman–Crippen LogP) is 2.64. The third-order valence-electron chi connectivity index (χ3n) is 2.37. The van der Waals surface area contributed by atoms with Crippen LogP contribution in [0.3, 0.4) is 0 Å². The van der Waals surface area contributed by atoms with E-state index in [0.29, 0.717) is 0 Å². The lowest BCUT2D eigenvalue weighted by Gasteiger charge is -2.06. The zero-order valence-corrected chi connectivity index (χ0v) is 10.5. The monoisotopic (exact) mass is 281 g/mol. The Balaban J connectivity index is 2.36. The first kappa shape index (κ1) is 11.3. The molecule has 1 aromatic carbocycles. The number of benzene rings is 1. The zero-order chi connectivity index (χ0) is 11.5. The van der Waals surface area contributed by atoms with E-state index in [9.17, 15) is 4.79 Å². The van der Waals surface area contributed by atoms with E-state index in [1.807, 2.05) is 31.2 Å². The molecule has 16 heavy (non-hydrogen) atoms. The van der Waals surface area contributed by atoms with Crippen LogP contribution in [0.15, 0.2) is 24.3 Å². The Bertz CT molecular complexity index is 509. The minimum atomic E-state index is -0.192. The summed E-state index contributed by atoms with van der Waals surface area (Å²) in [4.78, 5) is 11.8. The third kappa shape index (κ3) is 2.00. The van der Waals surface area contributed by atoms with Crippen molar-refractivity contribution in [3.8, 4) is 0 Å². The molecule has 4 nitrogen and oxygen atoms in total. The second kappa shape index (κ2) is 4.74. The molecule has 2 aromatic rings. The maximum atomic E-state index is 12.0. The van der Waals surface area contributed by atoms with Gasteiger partial charge in [-0.25, -0.2) is 0 Å². The summed E-state index contributed by atoms with van der Waals surface area (Å²) in [6.07, 6.45) is 1.75. The first-order valence-corrected chi connectivity index (χ1v) is 6.14. The first-order valence-electron chi connectivity index (χ1n) is 5.22. The van der Waals surface area contributed by atoms with E-state index in [-0.39, 0.29) is 10.7 Å². The molecule has 0 radical (unpaired) electrons. The number of hydrogen-bond donors (Lipinski definition) is 0. The molecule has 1 atom stereocenters. The Kier molecular flexibility index (Phi) is 3.33. The van der Waals surface area contributed by atoms with E-state index in [0.717, 1.165) is 23.9 Å². The number of fused-ring (bicyclic) bond motifs is 1. The fraction of sp³-hybridized carbons (Fsp3) is 0.364. The number of halogens is 1. The molecule has 0 amide bonds. The molecule has 0 fully saturated rings. The zero-order valence-electron chi connectivity index (χ0n) is 8.93. The lowest BCUT2D eigenvalue weighted by atomic mass is 10.2. The van der Waals surface area contributed by atoms with E-state index in [2.05, 4.69) is 26.2 Å². The summed E-state index contributed by atoms with van der Waals surface area (Å²) < 4.78 is 1.37. The maximum absolute atomic E-state index is 12.0. The Labute approximate surface area is 102 Å². The van der Waals surface area contributed by atoms with Crippen LogP contribution in [0.2, 0.25) is 0 Å². The van der Waals surface area contributed by atoms with Crippen molar-refractivity contribution >= 4 is 32.9 Å². The molecule has 0 spiro atoms. The normalized spacial score (nSPS) is 12.9. The van der Waals surface area contributed by atoms with E-state index in [4.69, 9.17) is 0 Å². The summed E-state index contributed by atoms with van der Waals surface area (Å²) in [5.41, 5.74) is 1.50. The van der Waals surface area contributed by atoms with E-state index in [1.54, 1.807) is 0 Å². The minimum absolute atomic E-state index is 0.0597. The largest absolute Gasteiger partial charge is 0.271 e. The van der Waals surface area contributed by atoms with Gasteiger partial charge in [-0.1, -0.05) is 46.6 Å². The van der Waals surface area contributed by atoms with Gasteiger partial charge in [-0.15, -0.1) is 5.10 Å². The van der Waals surface area contributed by atoms with Crippen LogP contribution in [0.1, 0.15) is 24.6 Å². The number of nitrogens with zero attached hydrogens (tertiary/aromatic N) is 3. The molecule has 2 rings (SSSR count). The van der Waals surface area contributed by atoms with Crippen molar-refractivity contribution in [2.24, 2.45) is 0 Å². The molecular formula is C11H12BrN3O. The van der Waals surface area contributed by atoms with E-state index >= 15 is 0 Å². The van der Waals surface area contributed by atoms with Crippen LogP contribution in [-0.2, 0) is 0 Å². The number of hydrogen-bond acceptors (Lipinski definition) is 3.